The van der Waals surface area contributed by atoms with E-state index in [1.807, 2.05) is 0 Å². The van der Waals surface area contributed by atoms with E-state index in [9.17, 15) is 90.1 Å². The highest BCUT2D eigenvalue weighted by Gasteiger charge is 2.61. The summed E-state index contributed by atoms with van der Waals surface area (Å²) in [6.45, 7) is -6.33. The molecule has 0 aromatic rings. The molecule has 13 saturated heterocycles. The molecule has 0 aliphatic carbocycles. The lowest BCUT2D eigenvalue weighted by Crippen LogP contribution is -2.69. The van der Waals surface area contributed by atoms with Crippen molar-refractivity contribution >= 4 is 10.4 Å². The number of aliphatic hydroxyl groups excluding tert-OH is 16. The first kappa shape index (κ1) is 54.0. The van der Waals surface area contributed by atoms with Crippen molar-refractivity contribution in [1.82, 2.24) is 0 Å². The number of hydrogen-bond donors (Lipinski definition) is 16. The fraction of sp³-hybridized carbons (Fsp3) is 1.00. The maximum absolute atomic E-state index is 13.7. The van der Waals surface area contributed by atoms with E-state index >= 15 is 0 Å². The van der Waals surface area contributed by atoms with E-state index in [-0.39, 0.29) is 0 Å². The second-order valence-electron chi connectivity index (χ2n) is 17.4. The van der Waals surface area contributed by atoms with Gasteiger partial charge >= 0.3 is 10.4 Å². The second-order valence-corrected chi connectivity index (χ2v) is 18.6. The zero-order valence-electron chi connectivity index (χ0n) is 35.7. The molecule has 13 fully saturated rings. The smallest absolute Gasteiger partial charge is 0.394 e. The van der Waals surface area contributed by atoms with Crippen molar-refractivity contribution in [2.75, 3.05) is 39.6 Å². The Morgan fingerprint density at radius 2 is 0.435 bits per heavy atom. The quantitative estimate of drug-likeness (QED) is 0.117. The number of ether oxygens (including phenoxy) is 12. The number of aliphatic hydroxyl groups is 16. The van der Waals surface area contributed by atoms with Gasteiger partial charge in [-0.15, -0.1) is 0 Å². The zero-order chi connectivity index (χ0) is 50.0. The Morgan fingerprint density at radius 3 is 0.652 bits per heavy atom. The van der Waals surface area contributed by atoms with Crippen LogP contribution in [0.5, 0.6) is 0 Å². The van der Waals surface area contributed by atoms with Crippen LogP contribution < -0.4 is 0 Å². The monoisotopic (exact) mass is 1030 g/mol. The maximum atomic E-state index is 13.7. The van der Waals surface area contributed by atoms with Gasteiger partial charge in [-0.3, -0.25) is 0 Å². The molecule has 30 atom stereocenters. The Balaban J connectivity index is 1.15. The summed E-state index contributed by atoms with van der Waals surface area (Å²) in [5.41, 5.74) is 0. The minimum atomic E-state index is -5.54. The summed E-state index contributed by atoms with van der Waals surface area (Å²) in [7, 11) is -5.54. The predicted molar refractivity (Wildman–Crippen MR) is 202 cm³/mol. The average Bonchev–Trinajstić information content (AvgIpc) is 3.35. The van der Waals surface area contributed by atoms with Crippen LogP contribution in [0.15, 0.2) is 0 Å². The van der Waals surface area contributed by atoms with Gasteiger partial charge in [-0.1, -0.05) is 0 Å². The third-order valence-electron chi connectivity index (χ3n) is 13.1. The standard InChI is InChI=1S/C36H58O32S/c37-1-7-23-14(44)18(48)32(56-7)63-25-9(3-39)58-34(20(50)16(25)46)65-27-11(5-41)60-36-22(52)30(27)68-69(53,54)67-29-21(51)35(59-12(6-42)28(29)66-36)64-26-10(4-40)57-33(19(49)15(26)45)62-24-8(2-38)55-31(61-23)17(47)13(24)43/h7-52H,1-6H2/t7-,8-,9-,10-,11-,12-,13-,14-,15-,16-,17-,18-,19-,20-,21-,22-,23-,24-,25-,26-,27+,28+,29-,30-,31-,32-,33-,34-,35-,36-/m1/s1. The molecule has 13 aliphatic heterocycles. The van der Waals surface area contributed by atoms with Gasteiger partial charge in [0.2, 0.25) is 0 Å². The summed E-state index contributed by atoms with van der Waals surface area (Å²) >= 11 is 0. The highest BCUT2D eigenvalue weighted by atomic mass is 32.3. The molecule has 33 heteroatoms. The molecule has 13 rings (SSSR count). The van der Waals surface area contributed by atoms with Gasteiger partial charge in [-0.05, 0) is 0 Å². The predicted octanol–water partition coefficient (Wildman–Crippen LogP) is -12.7. The molecule has 0 amide bonds. The molecule has 0 aromatic carbocycles. The van der Waals surface area contributed by atoms with E-state index in [4.69, 9.17) is 65.2 Å². The van der Waals surface area contributed by atoms with Gasteiger partial charge in [0.25, 0.3) is 0 Å². The lowest BCUT2D eigenvalue weighted by atomic mass is 9.94. The molecule has 13 aliphatic rings. The Kier molecular flexibility index (Phi) is 17.2. The minimum absolute atomic E-state index is 1.02. The molecule has 12 bridgehead atoms. The van der Waals surface area contributed by atoms with Crippen LogP contribution in [0, 0.1) is 0 Å². The lowest BCUT2D eigenvalue weighted by Gasteiger charge is -2.50. The summed E-state index contributed by atoms with van der Waals surface area (Å²) in [5, 5.41) is 175. The van der Waals surface area contributed by atoms with Crippen molar-refractivity contribution < 1.29 is 155 Å². The van der Waals surface area contributed by atoms with Crippen LogP contribution >= 0.6 is 0 Å². The molecular formula is C36H58O32S. The summed E-state index contributed by atoms with van der Waals surface area (Å²) in [6.07, 6.45) is -61.0. The SMILES string of the molecule is O=S1(=O)O[C@@H]2[C@@H](O)[C@H]3O[C@@H]4[C@H](O1)[C@@H](O)[C@@H](O[C@H]1[C@H](O)[C@@H](O)[C@@H](O[C@H]5[C@H](O)[C@@H](O)[C@@H](O[C@H]6[C@H](O)[C@@H](O)[C@@H](O[C@H]7[C@H](O)[C@@H](O)[C@@H](O[C@H]2[C@@H](CO)O3)O[C@@H]7CO)O[C@@H]6CO)O[C@@H]5CO)O[C@@H]1CO)O[C@@H]4CO. The first-order chi connectivity index (χ1) is 32.8. The van der Waals surface area contributed by atoms with Gasteiger partial charge in [-0.25, -0.2) is 8.37 Å². The third-order valence-corrected chi connectivity index (χ3v) is 14.0. The highest BCUT2D eigenvalue weighted by molar-refractivity contribution is 7.81. The minimum Gasteiger partial charge on any atom is -0.394 e. The van der Waals surface area contributed by atoms with E-state index in [2.05, 4.69) is 0 Å². The maximum Gasteiger partial charge on any atom is 0.400 e. The van der Waals surface area contributed by atoms with Crippen LogP contribution in [-0.4, -0.2) is 314 Å². The molecule has 16 N–H and O–H groups in total. The number of fused-ring (bicyclic) bond motifs is 3. The van der Waals surface area contributed by atoms with Crippen molar-refractivity contribution in [3.63, 3.8) is 0 Å². The first-order valence-corrected chi connectivity index (χ1v) is 23.1. The topological polar surface area (TPSA) is 487 Å². The molecule has 32 nitrogen and oxygen atoms in total. The molecule has 0 spiro atoms. The molecule has 0 radical (unpaired) electrons. The van der Waals surface area contributed by atoms with E-state index in [1.165, 1.54) is 0 Å². The van der Waals surface area contributed by atoms with Crippen LogP contribution in [0.4, 0.5) is 0 Å². The van der Waals surface area contributed by atoms with E-state index in [1.54, 1.807) is 0 Å². The van der Waals surface area contributed by atoms with Gasteiger partial charge in [0, 0.05) is 0 Å². The normalized spacial score (nSPS) is 55.0. The van der Waals surface area contributed by atoms with Crippen molar-refractivity contribution in [2.45, 2.75) is 184 Å². The molecule has 13 heterocycles. The lowest BCUT2D eigenvalue weighted by molar-refractivity contribution is -0.401. The molecule has 0 unspecified atom stereocenters. The Morgan fingerprint density at radius 1 is 0.246 bits per heavy atom. The highest BCUT2D eigenvalue weighted by Crippen LogP contribution is 2.40. The zero-order valence-corrected chi connectivity index (χ0v) is 36.5. The Hall–Kier alpha value is -1.25. The summed E-state index contributed by atoms with van der Waals surface area (Å²) < 4.78 is 106. The third kappa shape index (κ3) is 10.3. The van der Waals surface area contributed by atoms with Crippen LogP contribution in [-0.2, 0) is 75.6 Å². The van der Waals surface area contributed by atoms with Crippen molar-refractivity contribution in [3.05, 3.63) is 0 Å². The van der Waals surface area contributed by atoms with Crippen LogP contribution in [0.1, 0.15) is 0 Å². The number of rotatable bonds is 6. The summed E-state index contributed by atoms with van der Waals surface area (Å²) in [5.74, 6) is 0. The van der Waals surface area contributed by atoms with Gasteiger partial charge in [-0.2, -0.15) is 8.42 Å². The fourth-order valence-electron chi connectivity index (χ4n) is 9.41. The van der Waals surface area contributed by atoms with Crippen LogP contribution in [0.25, 0.3) is 0 Å². The second kappa shape index (κ2) is 21.9. The van der Waals surface area contributed by atoms with Crippen molar-refractivity contribution in [2.24, 2.45) is 0 Å². The fourth-order valence-corrected chi connectivity index (χ4v) is 10.4. The van der Waals surface area contributed by atoms with E-state index < -0.39 is 234 Å². The summed E-state index contributed by atoms with van der Waals surface area (Å²) in [4.78, 5) is 0. The van der Waals surface area contributed by atoms with E-state index in [0.29, 0.717) is 0 Å². The molecule has 0 saturated carbocycles. The van der Waals surface area contributed by atoms with Gasteiger partial charge < -0.3 is 139 Å². The van der Waals surface area contributed by atoms with Crippen molar-refractivity contribution in [1.29, 1.82) is 0 Å². The van der Waals surface area contributed by atoms with Crippen LogP contribution in [0.2, 0.25) is 0 Å². The largest absolute Gasteiger partial charge is 0.400 e. The molecular weight excluding hydrogens is 976 g/mol. The van der Waals surface area contributed by atoms with Gasteiger partial charge in [0.1, 0.15) is 146 Å². The van der Waals surface area contributed by atoms with Crippen LogP contribution in [0.3, 0.4) is 0 Å². The Labute approximate surface area is 389 Å². The molecule has 0 aromatic heterocycles. The van der Waals surface area contributed by atoms with Gasteiger partial charge in [0.15, 0.2) is 37.7 Å². The Bertz CT molecular complexity index is 1780. The van der Waals surface area contributed by atoms with Gasteiger partial charge in [0.05, 0.1) is 39.6 Å². The summed E-state index contributed by atoms with van der Waals surface area (Å²) in [6, 6.07) is 0. The molecule has 69 heavy (non-hydrogen) atoms. The molecule has 400 valence electrons. The first-order valence-electron chi connectivity index (χ1n) is 21.7. The van der Waals surface area contributed by atoms with E-state index in [0.717, 1.165) is 0 Å². The number of hydrogen-bond acceptors (Lipinski definition) is 32. The van der Waals surface area contributed by atoms with Crippen molar-refractivity contribution in [3.8, 4) is 0 Å². The average molecular weight is 1030 g/mol.